The lowest BCUT2D eigenvalue weighted by molar-refractivity contribution is -0.121. The third-order valence-electron chi connectivity index (χ3n) is 4.57. The quantitative estimate of drug-likeness (QED) is 0.881. The van der Waals surface area contributed by atoms with Gasteiger partial charge >= 0.3 is 0 Å². The van der Waals surface area contributed by atoms with Crippen LogP contribution in [-0.2, 0) is 11.3 Å². The fourth-order valence-electron chi connectivity index (χ4n) is 3.30. The summed E-state index contributed by atoms with van der Waals surface area (Å²) in [5, 5.41) is 11.3. The van der Waals surface area contributed by atoms with Crippen molar-refractivity contribution in [2.45, 2.75) is 32.2 Å². The van der Waals surface area contributed by atoms with Crippen molar-refractivity contribution in [2.75, 3.05) is 26.7 Å². The molecule has 1 fully saturated rings. The molecule has 1 aliphatic rings. The number of carbonyl (C=O) groups excluding carboxylic acids is 1. The van der Waals surface area contributed by atoms with E-state index in [1.54, 1.807) is 4.68 Å². The molecule has 6 nitrogen and oxygen atoms in total. The zero-order valence-corrected chi connectivity index (χ0v) is 13.7. The maximum Gasteiger partial charge on any atom is 0.221 e. The van der Waals surface area contributed by atoms with Crippen molar-refractivity contribution in [3.05, 3.63) is 24.3 Å². The second-order valence-electron chi connectivity index (χ2n) is 6.46. The molecular weight excluding hydrogens is 290 g/mol. The molecule has 3 rings (SSSR count). The molecule has 1 aliphatic heterocycles. The van der Waals surface area contributed by atoms with E-state index in [9.17, 15) is 4.79 Å². The topological polar surface area (TPSA) is 63.1 Å². The summed E-state index contributed by atoms with van der Waals surface area (Å²) in [6, 6.07) is 7.81. The molecule has 1 saturated heterocycles. The van der Waals surface area contributed by atoms with Crippen molar-refractivity contribution in [3.8, 4) is 0 Å². The van der Waals surface area contributed by atoms with Gasteiger partial charge in [-0.2, -0.15) is 0 Å². The standard InChI is InChI=1S/C17H25N5O/c1-21-11-4-5-14(13-21)8-10-18-17(23)9-12-22-16-7-3-2-6-15(16)19-20-22/h2-3,6-7,14H,4-5,8-13H2,1H3,(H,18,23)/t14-/m0/s1. The molecule has 23 heavy (non-hydrogen) atoms. The van der Waals surface area contributed by atoms with Crippen molar-refractivity contribution < 1.29 is 4.79 Å². The first-order valence-electron chi connectivity index (χ1n) is 8.46. The Balaban J connectivity index is 1.39. The van der Waals surface area contributed by atoms with Crippen LogP contribution in [0.2, 0.25) is 0 Å². The van der Waals surface area contributed by atoms with Crippen LogP contribution >= 0.6 is 0 Å². The molecule has 1 N–H and O–H groups in total. The summed E-state index contributed by atoms with van der Waals surface area (Å²) in [5.74, 6) is 0.807. The van der Waals surface area contributed by atoms with E-state index in [0.717, 1.165) is 30.5 Å². The highest BCUT2D eigenvalue weighted by atomic mass is 16.1. The molecule has 1 aromatic heterocycles. The molecule has 124 valence electrons. The molecular formula is C17H25N5O. The van der Waals surface area contributed by atoms with Gasteiger partial charge in [0.15, 0.2) is 0 Å². The first-order valence-corrected chi connectivity index (χ1v) is 8.46. The Morgan fingerprint density at radius 1 is 1.39 bits per heavy atom. The molecule has 2 heterocycles. The first-order chi connectivity index (χ1) is 11.2. The highest BCUT2D eigenvalue weighted by Crippen LogP contribution is 2.17. The Morgan fingerprint density at radius 3 is 3.13 bits per heavy atom. The van der Waals surface area contributed by atoms with Crippen LogP contribution in [0.1, 0.15) is 25.7 Å². The SMILES string of the molecule is CN1CCC[C@@H](CCNC(=O)CCn2nnc3ccccc32)C1. The number of para-hydroxylation sites is 1. The van der Waals surface area contributed by atoms with Crippen LogP contribution in [0, 0.1) is 5.92 Å². The van der Waals surface area contributed by atoms with E-state index in [0.29, 0.717) is 18.9 Å². The summed E-state index contributed by atoms with van der Waals surface area (Å²) < 4.78 is 1.80. The monoisotopic (exact) mass is 315 g/mol. The molecule has 1 aromatic carbocycles. The number of carbonyl (C=O) groups is 1. The van der Waals surface area contributed by atoms with Crippen molar-refractivity contribution in [2.24, 2.45) is 5.92 Å². The van der Waals surface area contributed by atoms with Gasteiger partial charge in [-0.1, -0.05) is 17.3 Å². The first kappa shape index (κ1) is 15.9. The molecule has 6 heteroatoms. The van der Waals surface area contributed by atoms with Crippen LogP contribution in [0.3, 0.4) is 0 Å². The van der Waals surface area contributed by atoms with Crippen LogP contribution in [-0.4, -0.2) is 52.5 Å². The molecule has 0 saturated carbocycles. The zero-order valence-electron chi connectivity index (χ0n) is 13.7. The average molecular weight is 315 g/mol. The summed E-state index contributed by atoms with van der Waals surface area (Å²) in [5.41, 5.74) is 1.85. The Hall–Kier alpha value is -1.95. The van der Waals surface area contributed by atoms with Gasteiger partial charge in [-0.3, -0.25) is 4.79 Å². The van der Waals surface area contributed by atoms with Crippen LogP contribution in [0.15, 0.2) is 24.3 Å². The van der Waals surface area contributed by atoms with Gasteiger partial charge in [-0.25, -0.2) is 4.68 Å². The molecule has 0 aliphatic carbocycles. The van der Waals surface area contributed by atoms with E-state index in [-0.39, 0.29) is 5.91 Å². The van der Waals surface area contributed by atoms with Gasteiger partial charge in [-0.05, 0) is 50.9 Å². The van der Waals surface area contributed by atoms with Crippen LogP contribution in [0.25, 0.3) is 11.0 Å². The maximum absolute atomic E-state index is 12.0. The van der Waals surface area contributed by atoms with Crippen molar-refractivity contribution in [1.82, 2.24) is 25.2 Å². The largest absolute Gasteiger partial charge is 0.356 e. The minimum Gasteiger partial charge on any atom is -0.356 e. The maximum atomic E-state index is 12.0. The Bertz CT molecular complexity index is 653. The number of piperidine rings is 1. The lowest BCUT2D eigenvalue weighted by Gasteiger charge is -2.29. The van der Waals surface area contributed by atoms with E-state index in [1.807, 2.05) is 24.3 Å². The highest BCUT2D eigenvalue weighted by Gasteiger charge is 2.16. The second kappa shape index (κ2) is 7.55. The summed E-state index contributed by atoms with van der Waals surface area (Å²) in [6.45, 7) is 3.70. The van der Waals surface area contributed by atoms with Crippen molar-refractivity contribution >= 4 is 16.9 Å². The second-order valence-corrected chi connectivity index (χ2v) is 6.46. The number of amides is 1. The van der Waals surface area contributed by atoms with Gasteiger partial charge in [0.2, 0.25) is 5.91 Å². The smallest absolute Gasteiger partial charge is 0.221 e. The molecule has 2 aromatic rings. The number of fused-ring (bicyclic) bond motifs is 1. The Kier molecular flexibility index (Phi) is 5.23. The van der Waals surface area contributed by atoms with Gasteiger partial charge < -0.3 is 10.2 Å². The summed E-state index contributed by atoms with van der Waals surface area (Å²) in [7, 11) is 2.17. The normalized spacial score (nSPS) is 19.1. The molecule has 0 unspecified atom stereocenters. The van der Waals surface area contributed by atoms with Gasteiger partial charge in [0.25, 0.3) is 0 Å². The number of hydrogen-bond donors (Lipinski definition) is 1. The van der Waals surface area contributed by atoms with E-state index < -0.39 is 0 Å². The third-order valence-corrected chi connectivity index (χ3v) is 4.57. The van der Waals surface area contributed by atoms with Gasteiger partial charge in [0, 0.05) is 19.5 Å². The predicted molar refractivity (Wildman–Crippen MR) is 90.0 cm³/mol. The Labute approximate surface area is 136 Å². The zero-order chi connectivity index (χ0) is 16.1. The van der Waals surface area contributed by atoms with Gasteiger partial charge in [-0.15, -0.1) is 5.10 Å². The molecule has 0 bridgehead atoms. The predicted octanol–water partition coefficient (Wildman–Crippen LogP) is 1.67. The molecule has 0 spiro atoms. The van der Waals surface area contributed by atoms with E-state index >= 15 is 0 Å². The summed E-state index contributed by atoms with van der Waals surface area (Å²) in [6.07, 6.45) is 4.07. The number of aryl methyl sites for hydroxylation is 1. The summed E-state index contributed by atoms with van der Waals surface area (Å²) in [4.78, 5) is 14.4. The lowest BCUT2D eigenvalue weighted by atomic mass is 9.95. The van der Waals surface area contributed by atoms with Gasteiger partial charge in [0.1, 0.15) is 5.52 Å². The van der Waals surface area contributed by atoms with Crippen molar-refractivity contribution in [1.29, 1.82) is 0 Å². The minimum atomic E-state index is 0.0914. The Morgan fingerprint density at radius 2 is 2.26 bits per heavy atom. The third kappa shape index (κ3) is 4.28. The van der Waals surface area contributed by atoms with E-state index in [2.05, 4.69) is 27.6 Å². The van der Waals surface area contributed by atoms with Crippen LogP contribution in [0.5, 0.6) is 0 Å². The average Bonchev–Trinajstić information content (AvgIpc) is 2.96. The van der Waals surface area contributed by atoms with Crippen LogP contribution < -0.4 is 5.32 Å². The number of nitrogens with zero attached hydrogens (tertiary/aromatic N) is 4. The number of aromatic nitrogens is 3. The number of benzene rings is 1. The number of hydrogen-bond acceptors (Lipinski definition) is 4. The fraction of sp³-hybridized carbons (Fsp3) is 0.588. The van der Waals surface area contributed by atoms with Crippen molar-refractivity contribution in [3.63, 3.8) is 0 Å². The minimum absolute atomic E-state index is 0.0914. The van der Waals surface area contributed by atoms with E-state index in [4.69, 9.17) is 0 Å². The fourth-order valence-corrected chi connectivity index (χ4v) is 3.30. The molecule has 1 amide bonds. The summed E-state index contributed by atoms with van der Waals surface area (Å²) >= 11 is 0. The highest BCUT2D eigenvalue weighted by molar-refractivity contribution is 5.76. The van der Waals surface area contributed by atoms with E-state index in [1.165, 1.54) is 19.4 Å². The number of rotatable bonds is 6. The van der Waals surface area contributed by atoms with Gasteiger partial charge in [0.05, 0.1) is 12.1 Å². The lowest BCUT2D eigenvalue weighted by Crippen LogP contribution is -2.34. The van der Waals surface area contributed by atoms with Crippen LogP contribution in [0.4, 0.5) is 0 Å². The molecule has 0 radical (unpaired) electrons. The number of likely N-dealkylation sites (tertiary alicyclic amines) is 1. The number of nitrogens with one attached hydrogen (secondary N) is 1. The molecule has 1 atom stereocenters.